The molecule has 0 radical (unpaired) electrons. The van der Waals surface area contributed by atoms with Crippen molar-refractivity contribution in [1.82, 2.24) is 5.32 Å². The van der Waals surface area contributed by atoms with Crippen LogP contribution in [-0.4, -0.2) is 24.6 Å². The Hall–Kier alpha value is -1.53. The van der Waals surface area contributed by atoms with E-state index >= 15 is 0 Å². The van der Waals surface area contributed by atoms with Crippen LogP contribution in [0.2, 0.25) is 0 Å². The lowest BCUT2D eigenvalue weighted by Gasteiger charge is -2.08. The number of hydrogen-bond donors (Lipinski definition) is 1. The van der Waals surface area contributed by atoms with E-state index in [1.807, 2.05) is 0 Å². The molecule has 1 saturated heterocycles. The molecule has 19 heavy (non-hydrogen) atoms. The summed E-state index contributed by atoms with van der Waals surface area (Å²) in [6.45, 7) is 2.88. The van der Waals surface area contributed by atoms with Gasteiger partial charge in [-0.3, -0.25) is 10.1 Å². The van der Waals surface area contributed by atoms with Crippen molar-refractivity contribution in [2.24, 2.45) is 5.92 Å². The molecule has 1 aliphatic rings. The number of rotatable bonds is 6. The Morgan fingerprint density at radius 1 is 1.47 bits per heavy atom. The van der Waals surface area contributed by atoms with Crippen LogP contribution in [0.5, 0.6) is 0 Å². The summed E-state index contributed by atoms with van der Waals surface area (Å²) in [5.41, 5.74) is 0.259. The van der Waals surface area contributed by atoms with Crippen LogP contribution in [0.1, 0.15) is 18.4 Å². The van der Waals surface area contributed by atoms with Crippen LogP contribution < -0.4 is 5.32 Å². The number of nitrogens with zero attached hydrogens (tertiary/aromatic N) is 1. The van der Waals surface area contributed by atoms with Crippen molar-refractivity contribution in [2.75, 3.05) is 19.7 Å². The summed E-state index contributed by atoms with van der Waals surface area (Å²) in [5, 5.41) is 13.9. The molecule has 0 saturated carbocycles. The molecule has 0 bridgehead atoms. The van der Waals surface area contributed by atoms with Gasteiger partial charge in [0.05, 0.1) is 17.6 Å². The van der Waals surface area contributed by atoms with E-state index in [4.69, 9.17) is 4.74 Å². The van der Waals surface area contributed by atoms with Crippen LogP contribution in [0.25, 0.3) is 0 Å². The Morgan fingerprint density at radius 3 is 3.00 bits per heavy atom. The first-order valence-electron chi connectivity index (χ1n) is 6.37. The highest BCUT2D eigenvalue weighted by Gasteiger charge is 2.14. The lowest BCUT2D eigenvalue weighted by atomic mass is 10.1. The van der Waals surface area contributed by atoms with E-state index in [1.165, 1.54) is 12.1 Å². The van der Waals surface area contributed by atoms with Crippen molar-refractivity contribution in [3.8, 4) is 0 Å². The van der Waals surface area contributed by atoms with Gasteiger partial charge in [-0.25, -0.2) is 4.39 Å². The molecule has 1 atom stereocenters. The third-order valence-corrected chi connectivity index (χ3v) is 3.25. The lowest BCUT2D eigenvalue weighted by molar-refractivity contribution is -0.385. The topological polar surface area (TPSA) is 64.4 Å². The molecule has 1 N–H and O–H groups in total. The maximum atomic E-state index is 13.2. The van der Waals surface area contributed by atoms with Crippen LogP contribution in [-0.2, 0) is 11.3 Å². The van der Waals surface area contributed by atoms with Gasteiger partial charge in [-0.05, 0) is 43.5 Å². The van der Waals surface area contributed by atoms with E-state index in [9.17, 15) is 14.5 Å². The van der Waals surface area contributed by atoms with Crippen molar-refractivity contribution in [3.05, 3.63) is 39.7 Å². The zero-order valence-corrected chi connectivity index (χ0v) is 10.6. The summed E-state index contributed by atoms with van der Waals surface area (Å²) >= 11 is 0. The van der Waals surface area contributed by atoms with Crippen LogP contribution in [0.3, 0.4) is 0 Å². The molecule has 1 aromatic carbocycles. The molecule has 104 valence electrons. The van der Waals surface area contributed by atoms with Gasteiger partial charge in [0.2, 0.25) is 0 Å². The normalized spacial score (nSPS) is 18.7. The standard InChI is InChI=1S/C13H17FN2O3/c14-12-5-11(6-13(7-12)16(17)18)9-19-4-2-10-1-3-15-8-10/h5-7,10,15H,1-4,8-9H2. The van der Waals surface area contributed by atoms with Gasteiger partial charge in [-0.2, -0.15) is 0 Å². The Morgan fingerprint density at radius 2 is 2.32 bits per heavy atom. The van der Waals surface area contributed by atoms with Gasteiger partial charge in [0.15, 0.2) is 0 Å². The average Bonchev–Trinajstić information content (AvgIpc) is 2.87. The minimum atomic E-state index is -0.604. The van der Waals surface area contributed by atoms with Crippen LogP contribution >= 0.6 is 0 Å². The second-order valence-corrected chi connectivity index (χ2v) is 4.77. The summed E-state index contributed by atoms with van der Waals surface area (Å²) in [6.07, 6.45) is 2.12. The van der Waals surface area contributed by atoms with Gasteiger partial charge in [-0.1, -0.05) is 0 Å². The van der Waals surface area contributed by atoms with E-state index < -0.39 is 10.7 Å². The van der Waals surface area contributed by atoms with Crippen LogP contribution in [0.4, 0.5) is 10.1 Å². The fourth-order valence-electron chi connectivity index (χ4n) is 2.22. The van der Waals surface area contributed by atoms with Gasteiger partial charge in [0.1, 0.15) is 5.82 Å². The molecule has 0 spiro atoms. The highest BCUT2D eigenvalue weighted by atomic mass is 19.1. The van der Waals surface area contributed by atoms with E-state index in [0.29, 0.717) is 18.1 Å². The molecule has 1 aromatic rings. The van der Waals surface area contributed by atoms with E-state index in [1.54, 1.807) is 0 Å². The third kappa shape index (κ3) is 4.25. The first-order valence-corrected chi connectivity index (χ1v) is 6.37. The first-order chi connectivity index (χ1) is 9.15. The Kier molecular flexibility index (Phi) is 4.81. The number of hydrogen-bond acceptors (Lipinski definition) is 4. The largest absolute Gasteiger partial charge is 0.377 e. The monoisotopic (exact) mass is 268 g/mol. The number of nitrogens with one attached hydrogen (secondary N) is 1. The highest BCUT2D eigenvalue weighted by molar-refractivity contribution is 5.34. The van der Waals surface area contributed by atoms with Crippen molar-refractivity contribution < 1.29 is 14.1 Å². The molecule has 5 nitrogen and oxygen atoms in total. The molecule has 1 heterocycles. The number of ether oxygens (including phenoxy) is 1. The first kappa shape index (κ1) is 13.9. The van der Waals surface area contributed by atoms with Gasteiger partial charge in [-0.15, -0.1) is 0 Å². The fraction of sp³-hybridized carbons (Fsp3) is 0.538. The number of nitro benzene ring substituents is 1. The molecule has 1 fully saturated rings. The number of nitro groups is 1. The van der Waals surface area contributed by atoms with Gasteiger partial charge in [0, 0.05) is 12.7 Å². The number of non-ortho nitro benzene ring substituents is 1. The summed E-state index contributed by atoms with van der Waals surface area (Å²) in [4.78, 5) is 10.0. The molecular weight excluding hydrogens is 251 g/mol. The molecule has 1 unspecified atom stereocenters. The summed E-state index contributed by atoms with van der Waals surface area (Å²) in [5.74, 6) is 0.0367. The van der Waals surface area contributed by atoms with Crippen LogP contribution in [0.15, 0.2) is 18.2 Å². The second kappa shape index (κ2) is 6.58. The highest BCUT2D eigenvalue weighted by Crippen LogP contribution is 2.17. The Bertz CT molecular complexity index is 448. The van der Waals surface area contributed by atoms with Gasteiger partial charge < -0.3 is 10.1 Å². The van der Waals surface area contributed by atoms with Gasteiger partial charge in [0.25, 0.3) is 5.69 Å². The number of benzene rings is 1. The Labute approximate surface area is 110 Å². The van der Waals surface area contributed by atoms with Crippen molar-refractivity contribution >= 4 is 5.69 Å². The summed E-state index contributed by atoms with van der Waals surface area (Å²) in [6, 6.07) is 3.53. The SMILES string of the molecule is O=[N+]([O-])c1cc(F)cc(COCCC2CCNC2)c1. The maximum absolute atomic E-state index is 13.2. The molecule has 0 aliphatic carbocycles. The predicted octanol–water partition coefficient (Wildman–Crippen LogP) is 2.25. The molecular formula is C13H17FN2O3. The fourth-order valence-corrected chi connectivity index (χ4v) is 2.22. The molecule has 0 aromatic heterocycles. The zero-order chi connectivity index (χ0) is 13.7. The Balaban J connectivity index is 1.80. The van der Waals surface area contributed by atoms with Crippen LogP contribution in [0, 0.1) is 21.8 Å². The average molecular weight is 268 g/mol. The van der Waals surface area contributed by atoms with E-state index in [2.05, 4.69) is 5.32 Å². The lowest BCUT2D eigenvalue weighted by Crippen LogP contribution is -2.10. The van der Waals surface area contributed by atoms with Crippen molar-refractivity contribution in [3.63, 3.8) is 0 Å². The molecule has 2 rings (SSSR count). The maximum Gasteiger partial charge on any atom is 0.272 e. The zero-order valence-electron chi connectivity index (χ0n) is 10.6. The smallest absolute Gasteiger partial charge is 0.272 e. The minimum absolute atomic E-state index is 0.207. The minimum Gasteiger partial charge on any atom is -0.377 e. The summed E-state index contributed by atoms with van der Waals surface area (Å²) in [7, 11) is 0. The van der Waals surface area contributed by atoms with E-state index in [0.717, 1.165) is 32.0 Å². The predicted molar refractivity (Wildman–Crippen MR) is 68.3 cm³/mol. The quantitative estimate of drug-likeness (QED) is 0.488. The van der Waals surface area contributed by atoms with Gasteiger partial charge >= 0.3 is 0 Å². The number of halogens is 1. The third-order valence-electron chi connectivity index (χ3n) is 3.25. The molecule has 1 aliphatic heterocycles. The molecule has 6 heteroatoms. The van der Waals surface area contributed by atoms with Crippen molar-refractivity contribution in [2.45, 2.75) is 19.4 Å². The molecule has 0 amide bonds. The van der Waals surface area contributed by atoms with E-state index in [-0.39, 0.29) is 12.3 Å². The second-order valence-electron chi connectivity index (χ2n) is 4.77. The van der Waals surface area contributed by atoms with Crippen molar-refractivity contribution in [1.29, 1.82) is 0 Å². The summed E-state index contributed by atoms with van der Waals surface area (Å²) < 4.78 is 18.6.